The van der Waals surface area contributed by atoms with E-state index in [1.54, 1.807) is 0 Å². The molecule has 0 aliphatic carbocycles. The largest absolute Gasteiger partial charge is 0.387 e. The molecule has 0 atom stereocenters. The molecule has 0 aliphatic heterocycles. The first-order chi connectivity index (χ1) is 10.6. The van der Waals surface area contributed by atoms with Crippen molar-refractivity contribution in [3.8, 4) is 0 Å². The van der Waals surface area contributed by atoms with Crippen LogP contribution in [0.25, 0.3) is 0 Å². The number of amides is 3. The highest BCUT2D eigenvalue weighted by Crippen LogP contribution is 1.90. The highest BCUT2D eigenvalue weighted by atomic mass is 16.5. The van der Waals surface area contributed by atoms with Gasteiger partial charge in [-0.15, -0.1) is 0 Å². The maximum Gasteiger partial charge on any atom is 0.245 e. The zero-order valence-electron chi connectivity index (χ0n) is 13.2. The van der Waals surface area contributed by atoms with Crippen molar-refractivity contribution in [2.24, 2.45) is 0 Å². The molecular formula is C14H27N3O5. The van der Waals surface area contributed by atoms with Crippen molar-refractivity contribution in [3.63, 3.8) is 0 Å². The Bertz CT molecular complexity index is 336. The Kier molecular flexibility index (Phi) is 13.2. The average molecular weight is 317 g/mol. The number of rotatable bonds is 13. The normalized spacial score (nSPS) is 10.1. The van der Waals surface area contributed by atoms with Crippen LogP contribution in [0.3, 0.4) is 0 Å². The Morgan fingerprint density at radius 2 is 1.36 bits per heavy atom. The Labute approximate surface area is 131 Å². The van der Waals surface area contributed by atoms with Crippen LogP contribution in [0, 0.1) is 0 Å². The number of ether oxygens (including phenoxy) is 1. The van der Waals surface area contributed by atoms with Crippen LogP contribution in [-0.2, 0) is 19.1 Å². The van der Waals surface area contributed by atoms with Gasteiger partial charge in [-0.3, -0.25) is 14.4 Å². The topological polar surface area (TPSA) is 117 Å². The van der Waals surface area contributed by atoms with Crippen molar-refractivity contribution in [1.29, 1.82) is 0 Å². The van der Waals surface area contributed by atoms with E-state index in [0.717, 1.165) is 12.8 Å². The molecule has 0 aromatic heterocycles. The Hall–Kier alpha value is -1.67. The second kappa shape index (κ2) is 14.3. The number of carbonyl (C=O) groups excluding carboxylic acids is 3. The van der Waals surface area contributed by atoms with Crippen LogP contribution in [0.5, 0.6) is 0 Å². The molecule has 0 fully saturated rings. The standard InChI is InChI=1S/C14H27N3O5/c1-2-3-6-15-12(19)4-5-13(20)16-7-9-22-10-8-17-14(21)11-18/h18H,2-11H2,1H3,(H,15,19)(H,16,20)(H,17,21). The molecule has 0 saturated heterocycles. The molecule has 4 N–H and O–H groups in total. The van der Waals surface area contributed by atoms with E-state index in [0.29, 0.717) is 32.8 Å². The Morgan fingerprint density at radius 3 is 1.86 bits per heavy atom. The monoisotopic (exact) mass is 317 g/mol. The smallest absolute Gasteiger partial charge is 0.245 e. The molecule has 0 aromatic carbocycles. The van der Waals surface area contributed by atoms with E-state index < -0.39 is 12.5 Å². The molecular weight excluding hydrogens is 290 g/mol. The first-order valence-corrected chi connectivity index (χ1v) is 7.58. The number of hydrogen-bond acceptors (Lipinski definition) is 5. The summed E-state index contributed by atoms with van der Waals surface area (Å²) >= 11 is 0. The van der Waals surface area contributed by atoms with E-state index in [2.05, 4.69) is 16.0 Å². The summed E-state index contributed by atoms with van der Waals surface area (Å²) in [6.07, 6.45) is 2.30. The molecule has 22 heavy (non-hydrogen) atoms. The van der Waals surface area contributed by atoms with E-state index in [-0.39, 0.29) is 24.7 Å². The van der Waals surface area contributed by atoms with Crippen LogP contribution in [0.1, 0.15) is 32.6 Å². The molecule has 0 saturated carbocycles. The van der Waals surface area contributed by atoms with E-state index in [9.17, 15) is 14.4 Å². The van der Waals surface area contributed by atoms with Crippen molar-refractivity contribution in [2.75, 3.05) is 39.5 Å². The van der Waals surface area contributed by atoms with Crippen LogP contribution in [0.4, 0.5) is 0 Å². The van der Waals surface area contributed by atoms with Crippen molar-refractivity contribution in [2.45, 2.75) is 32.6 Å². The van der Waals surface area contributed by atoms with Gasteiger partial charge in [-0.2, -0.15) is 0 Å². The number of hydrogen-bond donors (Lipinski definition) is 4. The molecule has 0 bridgehead atoms. The molecule has 0 aromatic rings. The van der Waals surface area contributed by atoms with Crippen molar-refractivity contribution in [1.82, 2.24) is 16.0 Å². The second-order valence-electron chi connectivity index (χ2n) is 4.67. The van der Waals surface area contributed by atoms with Crippen LogP contribution in [0.15, 0.2) is 0 Å². The minimum Gasteiger partial charge on any atom is -0.387 e. The van der Waals surface area contributed by atoms with Gasteiger partial charge < -0.3 is 25.8 Å². The molecule has 8 nitrogen and oxygen atoms in total. The quantitative estimate of drug-likeness (QED) is 0.323. The molecule has 8 heteroatoms. The van der Waals surface area contributed by atoms with E-state index in [1.165, 1.54) is 0 Å². The minimum atomic E-state index is -0.540. The predicted molar refractivity (Wildman–Crippen MR) is 81.1 cm³/mol. The van der Waals surface area contributed by atoms with Crippen molar-refractivity contribution in [3.05, 3.63) is 0 Å². The summed E-state index contributed by atoms with van der Waals surface area (Å²) < 4.78 is 5.18. The molecule has 0 radical (unpaired) electrons. The first-order valence-electron chi connectivity index (χ1n) is 7.58. The number of aliphatic hydroxyl groups excluding tert-OH is 1. The maximum absolute atomic E-state index is 11.5. The fourth-order valence-corrected chi connectivity index (χ4v) is 1.49. The zero-order chi connectivity index (χ0) is 16.6. The number of carbonyl (C=O) groups is 3. The van der Waals surface area contributed by atoms with Gasteiger partial charge in [0.25, 0.3) is 0 Å². The summed E-state index contributed by atoms with van der Waals surface area (Å²) in [5.74, 6) is -0.753. The molecule has 3 amide bonds. The van der Waals surface area contributed by atoms with E-state index in [1.807, 2.05) is 6.92 Å². The lowest BCUT2D eigenvalue weighted by Gasteiger charge is -2.07. The zero-order valence-corrected chi connectivity index (χ0v) is 13.2. The summed E-state index contributed by atoms with van der Waals surface area (Å²) in [7, 11) is 0. The van der Waals surface area contributed by atoms with Gasteiger partial charge in [0, 0.05) is 32.5 Å². The van der Waals surface area contributed by atoms with Gasteiger partial charge in [-0.1, -0.05) is 13.3 Å². The van der Waals surface area contributed by atoms with E-state index >= 15 is 0 Å². The van der Waals surface area contributed by atoms with Gasteiger partial charge in [0.2, 0.25) is 17.7 Å². The van der Waals surface area contributed by atoms with Crippen LogP contribution < -0.4 is 16.0 Å². The third-order valence-corrected chi connectivity index (χ3v) is 2.71. The van der Waals surface area contributed by atoms with Crippen LogP contribution in [-0.4, -0.2) is 62.3 Å². The lowest BCUT2D eigenvalue weighted by molar-refractivity contribution is -0.126. The van der Waals surface area contributed by atoms with Gasteiger partial charge in [0.15, 0.2) is 0 Å². The molecule has 128 valence electrons. The summed E-state index contributed by atoms with van der Waals surface area (Å²) in [5, 5.41) is 16.3. The number of unbranched alkanes of at least 4 members (excludes halogenated alkanes) is 1. The summed E-state index contributed by atoms with van der Waals surface area (Å²) in [4.78, 5) is 33.5. The average Bonchev–Trinajstić information content (AvgIpc) is 2.51. The SMILES string of the molecule is CCCCNC(=O)CCC(=O)NCCOCCNC(=O)CO. The fraction of sp³-hybridized carbons (Fsp3) is 0.786. The second-order valence-corrected chi connectivity index (χ2v) is 4.67. The highest BCUT2D eigenvalue weighted by Gasteiger charge is 2.05. The van der Waals surface area contributed by atoms with Gasteiger partial charge >= 0.3 is 0 Å². The third-order valence-electron chi connectivity index (χ3n) is 2.71. The highest BCUT2D eigenvalue weighted by molar-refractivity contribution is 5.83. The van der Waals surface area contributed by atoms with Crippen molar-refractivity contribution >= 4 is 17.7 Å². The summed E-state index contributed by atoms with van der Waals surface area (Å²) in [6, 6.07) is 0. The fourth-order valence-electron chi connectivity index (χ4n) is 1.49. The molecule has 0 unspecified atom stereocenters. The van der Waals surface area contributed by atoms with Gasteiger partial charge in [-0.05, 0) is 6.42 Å². The Morgan fingerprint density at radius 1 is 0.864 bits per heavy atom. The molecule has 0 heterocycles. The summed E-state index contributed by atoms with van der Waals surface area (Å²) in [5.41, 5.74) is 0. The molecule has 0 spiro atoms. The minimum absolute atomic E-state index is 0.112. The number of nitrogens with one attached hydrogen (secondary N) is 3. The maximum atomic E-state index is 11.5. The van der Waals surface area contributed by atoms with Crippen molar-refractivity contribution < 1.29 is 24.2 Å². The first kappa shape index (κ1) is 20.3. The number of aliphatic hydroxyl groups is 1. The molecule has 0 aliphatic rings. The lowest BCUT2D eigenvalue weighted by Crippen LogP contribution is -2.32. The van der Waals surface area contributed by atoms with Gasteiger partial charge in [-0.25, -0.2) is 0 Å². The van der Waals surface area contributed by atoms with Crippen LogP contribution in [0.2, 0.25) is 0 Å². The summed E-state index contributed by atoms with van der Waals surface area (Å²) in [6.45, 7) is 3.45. The third kappa shape index (κ3) is 13.3. The van der Waals surface area contributed by atoms with Gasteiger partial charge in [0.1, 0.15) is 6.61 Å². The van der Waals surface area contributed by atoms with Crippen LogP contribution >= 0.6 is 0 Å². The van der Waals surface area contributed by atoms with E-state index in [4.69, 9.17) is 9.84 Å². The molecule has 0 rings (SSSR count). The Balaban J connectivity index is 3.39. The van der Waals surface area contributed by atoms with Gasteiger partial charge in [0.05, 0.1) is 13.2 Å². The lowest BCUT2D eigenvalue weighted by atomic mass is 10.2. The predicted octanol–water partition coefficient (Wildman–Crippen LogP) is -1.08.